The van der Waals surface area contributed by atoms with Crippen LogP contribution in [0.25, 0.3) is 5.57 Å². The molecule has 0 fully saturated rings. The van der Waals surface area contributed by atoms with Crippen molar-refractivity contribution in [3.63, 3.8) is 0 Å². The lowest BCUT2D eigenvalue weighted by Crippen LogP contribution is -1.89. The first-order valence-corrected chi connectivity index (χ1v) is 3.65. The zero-order chi connectivity index (χ0) is 8.97. The Morgan fingerprint density at radius 3 is 2.58 bits per heavy atom. The highest BCUT2D eigenvalue weighted by atomic mass is 16.2. The van der Waals surface area contributed by atoms with E-state index in [1.54, 1.807) is 6.07 Å². The molecule has 1 rings (SSSR count). The second-order valence-electron chi connectivity index (χ2n) is 2.52. The van der Waals surface area contributed by atoms with Gasteiger partial charge in [0.05, 0.1) is 11.8 Å². The Hall–Kier alpha value is -1.57. The van der Waals surface area contributed by atoms with E-state index in [2.05, 4.69) is 0 Å². The number of hydrogen-bond acceptors (Lipinski definition) is 2. The van der Waals surface area contributed by atoms with Gasteiger partial charge in [0, 0.05) is 0 Å². The Morgan fingerprint density at radius 2 is 2.08 bits per heavy atom. The van der Waals surface area contributed by atoms with Crippen LogP contribution in [0.4, 0.5) is 0 Å². The average Bonchev–Trinajstić information content (AvgIpc) is 2.10. The summed E-state index contributed by atoms with van der Waals surface area (Å²) in [5.41, 5.74) is 2.06. The van der Waals surface area contributed by atoms with E-state index in [0.29, 0.717) is 11.9 Å². The Labute approximate surface area is 71.2 Å². The van der Waals surface area contributed by atoms with E-state index < -0.39 is 0 Å². The van der Waals surface area contributed by atoms with Crippen molar-refractivity contribution in [2.24, 2.45) is 0 Å². The van der Waals surface area contributed by atoms with E-state index in [9.17, 15) is 4.79 Å². The SMILES string of the molecule is Cc1ccccc1/C(C=O)=C/O. The van der Waals surface area contributed by atoms with Crippen LogP contribution in [0.15, 0.2) is 30.5 Å². The molecule has 1 aromatic rings. The number of aliphatic hydroxyl groups is 1. The van der Waals surface area contributed by atoms with E-state index in [1.807, 2.05) is 25.1 Å². The predicted octanol–water partition coefficient (Wildman–Crippen LogP) is 2.09. The predicted molar refractivity (Wildman–Crippen MR) is 47.8 cm³/mol. The third kappa shape index (κ3) is 1.53. The fraction of sp³-hybridized carbons (Fsp3) is 0.100. The lowest BCUT2D eigenvalue weighted by Gasteiger charge is -2.01. The lowest BCUT2D eigenvalue weighted by atomic mass is 10.0. The van der Waals surface area contributed by atoms with E-state index in [4.69, 9.17) is 5.11 Å². The molecule has 0 heterocycles. The van der Waals surface area contributed by atoms with Crippen molar-refractivity contribution in [2.45, 2.75) is 6.92 Å². The topological polar surface area (TPSA) is 37.3 Å². The number of aryl methyl sites for hydroxylation is 1. The van der Waals surface area contributed by atoms with Crippen LogP contribution in [0.2, 0.25) is 0 Å². The van der Waals surface area contributed by atoms with Gasteiger partial charge in [0.2, 0.25) is 0 Å². The van der Waals surface area contributed by atoms with E-state index in [-0.39, 0.29) is 0 Å². The van der Waals surface area contributed by atoms with Crippen LogP contribution in [-0.4, -0.2) is 11.4 Å². The first-order valence-electron chi connectivity index (χ1n) is 3.65. The molecule has 62 valence electrons. The monoisotopic (exact) mass is 162 g/mol. The van der Waals surface area contributed by atoms with Gasteiger partial charge in [-0.25, -0.2) is 0 Å². The number of carbonyl (C=O) groups is 1. The Kier molecular flexibility index (Phi) is 2.64. The zero-order valence-electron chi connectivity index (χ0n) is 6.82. The molecule has 0 aromatic heterocycles. The normalized spacial score (nSPS) is 11.2. The summed E-state index contributed by atoms with van der Waals surface area (Å²) in [7, 11) is 0. The standard InChI is InChI=1S/C10H10O2/c1-8-4-2-3-5-10(8)9(6-11)7-12/h2-7,11H,1H3/b9-6+. The molecule has 0 radical (unpaired) electrons. The Bertz CT molecular complexity index is 313. The summed E-state index contributed by atoms with van der Waals surface area (Å²) in [5, 5.41) is 8.71. The van der Waals surface area contributed by atoms with Gasteiger partial charge in [-0.2, -0.15) is 0 Å². The van der Waals surface area contributed by atoms with Crippen molar-refractivity contribution in [3.8, 4) is 0 Å². The van der Waals surface area contributed by atoms with Crippen LogP contribution in [0.1, 0.15) is 11.1 Å². The molecule has 12 heavy (non-hydrogen) atoms. The van der Waals surface area contributed by atoms with Crippen LogP contribution in [0.5, 0.6) is 0 Å². The second kappa shape index (κ2) is 3.72. The Morgan fingerprint density at radius 1 is 1.42 bits per heavy atom. The molecule has 2 nitrogen and oxygen atoms in total. The molecule has 0 aliphatic carbocycles. The van der Waals surface area contributed by atoms with Crippen molar-refractivity contribution in [3.05, 3.63) is 41.7 Å². The number of carbonyl (C=O) groups excluding carboxylic acids is 1. The van der Waals surface area contributed by atoms with E-state index in [0.717, 1.165) is 17.4 Å². The summed E-state index contributed by atoms with van der Waals surface area (Å²) in [6, 6.07) is 7.40. The number of hydrogen-bond donors (Lipinski definition) is 1. The summed E-state index contributed by atoms with van der Waals surface area (Å²) in [6.07, 6.45) is 1.47. The molecule has 2 heteroatoms. The maximum atomic E-state index is 10.5. The molecule has 0 saturated carbocycles. The van der Waals surface area contributed by atoms with Gasteiger partial charge in [0.25, 0.3) is 0 Å². The van der Waals surface area contributed by atoms with Crippen molar-refractivity contribution >= 4 is 11.9 Å². The third-order valence-electron chi connectivity index (χ3n) is 1.72. The molecule has 0 spiro atoms. The minimum Gasteiger partial charge on any atom is -0.515 e. The number of allylic oxidation sites excluding steroid dienone is 1. The van der Waals surface area contributed by atoms with E-state index >= 15 is 0 Å². The van der Waals surface area contributed by atoms with Crippen LogP contribution in [0, 0.1) is 6.92 Å². The smallest absolute Gasteiger partial charge is 0.153 e. The molecule has 0 aliphatic rings. The van der Waals surface area contributed by atoms with E-state index in [1.165, 1.54) is 0 Å². The van der Waals surface area contributed by atoms with Gasteiger partial charge < -0.3 is 5.11 Å². The molecule has 0 bridgehead atoms. The lowest BCUT2D eigenvalue weighted by molar-refractivity contribution is -0.103. The minimum absolute atomic E-state index is 0.313. The highest BCUT2D eigenvalue weighted by Gasteiger charge is 2.01. The molecule has 1 N–H and O–H groups in total. The highest BCUT2D eigenvalue weighted by molar-refractivity contribution is 6.06. The Balaban J connectivity index is 3.18. The third-order valence-corrected chi connectivity index (χ3v) is 1.72. The average molecular weight is 162 g/mol. The van der Waals surface area contributed by atoms with Crippen LogP contribution >= 0.6 is 0 Å². The fourth-order valence-electron chi connectivity index (χ4n) is 1.06. The van der Waals surface area contributed by atoms with Crippen molar-refractivity contribution < 1.29 is 9.90 Å². The van der Waals surface area contributed by atoms with Crippen molar-refractivity contribution in [1.29, 1.82) is 0 Å². The molecule has 0 saturated heterocycles. The molecular formula is C10H10O2. The number of rotatable bonds is 2. The first kappa shape index (κ1) is 8.53. The van der Waals surface area contributed by atoms with Gasteiger partial charge >= 0.3 is 0 Å². The van der Waals surface area contributed by atoms with Gasteiger partial charge in [-0.15, -0.1) is 0 Å². The van der Waals surface area contributed by atoms with Crippen LogP contribution in [-0.2, 0) is 4.79 Å². The summed E-state index contributed by atoms with van der Waals surface area (Å²) >= 11 is 0. The molecule has 0 aliphatic heterocycles. The van der Waals surface area contributed by atoms with Gasteiger partial charge in [0.15, 0.2) is 6.29 Å². The molecule has 0 atom stereocenters. The largest absolute Gasteiger partial charge is 0.515 e. The van der Waals surface area contributed by atoms with Crippen molar-refractivity contribution in [1.82, 2.24) is 0 Å². The fourth-order valence-corrected chi connectivity index (χ4v) is 1.06. The van der Waals surface area contributed by atoms with Gasteiger partial charge in [-0.1, -0.05) is 24.3 Å². The maximum absolute atomic E-state index is 10.5. The highest BCUT2D eigenvalue weighted by Crippen LogP contribution is 2.15. The minimum atomic E-state index is 0.313. The van der Waals surface area contributed by atoms with Crippen LogP contribution < -0.4 is 0 Å². The first-order chi connectivity index (χ1) is 5.79. The second-order valence-corrected chi connectivity index (χ2v) is 2.52. The van der Waals surface area contributed by atoms with Gasteiger partial charge in [-0.05, 0) is 18.1 Å². The summed E-state index contributed by atoms with van der Waals surface area (Å²) in [4.78, 5) is 10.5. The van der Waals surface area contributed by atoms with Crippen molar-refractivity contribution in [2.75, 3.05) is 0 Å². The number of benzene rings is 1. The molecular weight excluding hydrogens is 152 g/mol. The molecule has 1 aromatic carbocycles. The number of aliphatic hydroxyl groups excluding tert-OH is 1. The number of aldehydes is 1. The van der Waals surface area contributed by atoms with Gasteiger partial charge in [0.1, 0.15) is 0 Å². The summed E-state index contributed by atoms with van der Waals surface area (Å²) in [5.74, 6) is 0. The van der Waals surface area contributed by atoms with Gasteiger partial charge in [-0.3, -0.25) is 4.79 Å². The quantitative estimate of drug-likeness (QED) is 0.410. The van der Waals surface area contributed by atoms with Crippen LogP contribution in [0.3, 0.4) is 0 Å². The summed E-state index contributed by atoms with van der Waals surface area (Å²) < 4.78 is 0. The zero-order valence-corrected chi connectivity index (χ0v) is 6.82. The molecule has 0 unspecified atom stereocenters. The maximum Gasteiger partial charge on any atom is 0.153 e. The molecule has 0 amide bonds. The summed E-state index contributed by atoms with van der Waals surface area (Å²) in [6.45, 7) is 1.89.